The van der Waals surface area contributed by atoms with Gasteiger partial charge < -0.3 is 5.32 Å². The Morgan fingerprint density at radius 2 is 1.85 bits per heavy atom. The maximum atomic E-state index is 14.2. The van der Waals surface area contributed by atoms with Gasteiger partial charge in [0.2, 0.25) is 0 Å². The third-order valence-electron chi connectivity index (χ3n) is 4.40. The monoisotopic (exact) mass is 281 g/mol. The van der Waals surface area contributed by atoms with Gasteiger partial charge in [-0.2, -0.15) is 0 Å². The second-order valence-corrected chi connectivity index (χ2v) is 5.97. The van der Waals surface area contributed by atoms with E-state index in [-0.39, 0.29) is 17.7 Å². The standard InChI is InChI=1S/C17H25F2N/c1-3-20-17(10-13-7-5-4-6-8-13)14-11-15(18)12(2)9-16(14)19/h9,11,13,17,20H,3-8,10H2,1-2H3. The fraction of sp³-hybridized carbons (Fsp3) is 0.647. The van der Waals surface area contributed by atoms with E-state index in [9.17, 15) is 8.78 Å². The van der Waals surface area contributed by atoms with Crippen LogP contribution >= 0.6 is 0 Å². The number of benzene rings is 1. The van der Waals surface area contributed by atoms with Crippen molar-refractivity contribution in [2.75, 3.05) is 6.54 Å². The summed E-state index contributed by atoms with van der Waals surface area (Å²) in [5.74, 6) is 0.0372. The molecule has 112 valence electrons. The van der Waals surface area contributed by atoms with Crippen LogP contribution in [-0.4, -0.2) is 6.54 Å². The molecule has 0 aromatic heterocycles. The van der Waals surface area contributed by atoms with Crippen LogP contribution in [0.1, 0.15) is 62.6 Å². The van der Waals surface area contributed by atoms with E-state index in [1.807, 2.05) is 6.92 Å². The Balaban J connectivity index is 2.16. The quantitative estimate of drug-likeness (QED) is 0.810. The first-order valence-corrected chi connectivity index (χ1v) is 7.80. The zero-order valence-corrected chi connectivity index (χ0v) is 12.5. The third-order valence-corrected chi connectivity index (χ3v) is 4.40. The highest BCUT2D eigenvalue weighted by Crippen LogP contribution is 2.33. The average molecular weight is 281 g/mol. The molecule has 1 aliphatic carbocycles. The van der Waals surface area contributed by atoms with Crippen LogP contribution in [0.15, 0.2) is 12.1 Å². The van der Waals surface area contributed by atoms with Crippen LogP contribution < -0.4 is 5.32 Å². The smallest absolute Gasteiger partial charge is 0.128 e. The van der Waals surface area contributed by atoms with Crippen LogP contribution in [0, 0.1) is 24.5 Å². The molecule has 1 unspecified atom stereocenters. The molecule has 0 heterocycles. The molecule has 0 spiro atoms. The molecule has 1 aromatic carbocycles. The molecule has 1 saturated carbocycles. The summed E-state index contributed by atoms with van der Waals surface area (Å²) in [6, 6.07) is 2.62. The number of hydrogen-bond donors (Lipinski definition) is 1. The Bertz CT molecular complexity index is 439. The molecule has 3 heteroatoms. The summed E-state index contributed by atoms with van der Waals surface area (Å²) in [5, 5.41) is 3.33. The fourth-order valence-electron chi connectivity index (χ4n) is 3.25. The fourth-order valence-corrected chi connectivity index (χ4v) is 3.25. The average Bonchev–Trinajstić information content (AvgIpc) is 2.44. The van der Waals surface area contributed by atoms with Crippen molar-refractivity contribution in [3.05, 3.63) is 34.9 Å². The summed E-state index contributed by atoms with van der Waals surface area (Å²) in [7, 11) is 0. The number of halogens is 2. The largest absolute Gasteiger partial charge is 0.310 e. The lowest BCUT2D eigenvalue weighted by Crippen LogP contribution is -2.25. The zero-order chi connectivity index (χ0) is 14.5. The van der Waals surface area contributed by atoms with Crippen molar-refractivity contribution < 1.29 is 8.78 Å². The lowest BCUT2D eigenvalue weighted by atomic mass is 9.83. The summed E-state index contributed by atoms with van der Waals surface area (Å²) in [5.41, 5.74) is 0.861. The van der Waals surface area contributed by atoms with Gasteiger partial charge in [0, 0.05) is 11.6 Å². The highest BCUT2D eigenvalue weighted by atomic mass is 19.1. The first-order valence-electron chi connectivity index (χ1n) is 7.80. The third kappa shape index (κ3) is 3.78. The lowest BCUT2D eigenvalue weighted by molar-refractivity contribution is 0.298. The minimum Gasteiger partial charge on any atom is -0.310 e. The first-order chi connectivity index (χ1) is 9.61. The van der Waals surface area contributed by atoms with Gasteiger partial charge in [0.25, 0.3) is 0 Å². The zero-order valence-electron chi connectivity index (χ0n) is 12.5. The van der Waals surface area contributed by atoms with Gasteiger partial charge in [-0.1, -0.05) is 39.0 Å². The summed E-state index contributed by atoms with van der Waals surface area (Å²) in [4.78, 5) is 0. The molecule has 0 saturated heterocycles. The Labute approximate surface area is 120 Å². The van der Waals surface area contributed by atoms with Gasteiger partial charge in [-0.3, -0.25) is 0 Å². The van der Waals surface area contributed by atoms with E-state index < -0.39 is 0 Å². The molecule has 2 rings (SSSR count). The molecule has 1 atom stereocenters. The van der Waals surface area contributed by atoms with Crippen molar-refractivity contribution in [1.29, 1.82) is 0 Å². The summed E-state index contributed by atoms with van der Waals surface area (Å²) < 4.78 is 27.9. The molecule has 1 nitrogen and oxygen atoms in total. The Kier molecular flexibility index (Phi) is 5.53. The Morgan fingerprint density at radius 1 is 1.15 bits per heavy atom. The highest BCUT2D eigenvalue weighted by Gasteiger charge is 2.22. The SMILES string of the molecule is CCNC(CC1CCCCC1)c1cc(F)c(C)cc1F. The van der Waals surface area contributed by atoms with Crippen molar-refractivity contribution in [2.24, 2.45) is 5.92 Å². The first kappa shape index (κ1) is 15.4. The van der Waals surface area contributed by atoms with E-state index in [2.05, 4.69) is 5.32 Å². The van der Waals surface area contributed by atoms with Crippen LogP contribution in [0.4, 0.5) is 8.78 Å². The molecule has 1 fully saturated rings. The number of nitrogens with one attached hydrogen (secondary N) is 1. The topological polar surface area (TPSA) is 12.0 Å². The minimum atomic E-state index is -0.312. The molecule has 0 bridgehead atoms. The van der Waals surface area contributed by atoms with Gasteiger partial charge in [0.1, 0.15) is 11.6 Å². The molecule has 1 aromatic rings. The summed E-state index contributed by atoms with van der Waals surface area (Å²) in [6.45, 7) is 4.38. The summed E-state index contributed by atoms with van der Waals surface area (Å²) >= 11 is 0. The molecule has 1 aliphatic rings. The van der Waals surface area contributed by atoms with Crippen LogP contribution in [0.25, 0.3) is 0 Å². The van der Waals surface area contributed by atoms with E-state index in [4.69, 9.17) is 0 Å². The van der Waals surface area contributed by atoms with E-state index >= 15 is 0 Å². The molecule has 0 aliphatic heterocycles. The van der Waals surface area contributed by atoms with Gasteiger partial charge in [-0.05, 0) is 43.5 Å². The number of aryl methyl sites for hydroxylation is 1. The normalized spacial score (nSPS) is 18.2. The predicted molar refractivity (Wildman–Crippen MR) is 78.7 cm³/mol. The molecule has 0 radical (unpaired) electrons. The van der Waals surface area contributed by atoms with Crippen LogP contribution in [0.2, 0.25) is 0 Å². The van der Waals surface area contributed by atoms with Crippen LogP contribution in [0.5, 0.6) is 0 Å². The van der Waals surface area contributed by atoms with Crippen molar-refractivity contribution in [2.45, 2.75) is 58.4 Å². The maximum absolute atomic E-state index is 14.2. The van der Waals surface area contributed by atoms with Gasteiger partial charge in [0.05, 0.1) is 0 Å². The van der Waals surface area contributed by atoms with Crippen molar-refractivity contribution >= 4 is 0 Å². The van der Waals surface area contributed by atoms with E-state index in [1.165, 1.54) is 44.2 Å². The van der Waals surface area contributed by atoms with E-state index in [0.29, 0.717) is 17.0 Å². The van der Waals surface area contributed by atoms with E-state index in [1.54, 1.807) is 6.92 Å². The highest BCUT2D eigenvalue weighted by molar-refractivity contribution is 5.27. The second-order valence-electron chi connectivity index (χ2n) is 5.97. The predicted octanol–water partition coefficient (Wildman–Crippen LogP) is 4.89. The molecular weight excluding hydrogens is 256 g/mol. The molecule has 20 heavy (non-hydrogen) atoms. The van der Waals surface area contributed by atoms with Gasteiger partial charge in [-0.15, -0.1) is 0 Å². The molecule has 0 amide bonds. The Morgan fingerprint density at radius 3 is 2.50 bits per heavy atom. The van der Waals surface area contributed by atoms with Gasteiger partial charge >= 0.3 is 0 Å². The van der Waals surface area contributed by atoms with Crippen molar-refractivity contribution in [3.63, 3.8) is 0 Å². The van der Waals surface area contributed by atoms with Crippen LogP contribution in [0.3, 0.4) is 0 Å². The second kappa shape index (κ2) is 7.16. The maximum Gasteiger partial charge on any atom is 0.128 e. The van der Waals surface area contributed by atoms with Crippen molar-refractivity contribution in [3.8, 4) is 0 Å². The molecule has 1 N–H and O–H groups in total. The van der Waals surface area contributed by atoms with Gasteiger partial charge in [0.15, 0.2) is 0 Å². The van der Waals surface area contributed by atoms with E-state index in [0.717, 1.165) is 13.0 Å². The summed E-state index contributed by atoms with van der Waals surface area (Å²) in [6.07, 6.45) is 7.21. The van der Waals surface area contributed by atoms with Crippen LogP contribution in [-0.2, 0) is 0 Å². The number of rotatable bonds is 5. The number of hydrogen-bond acceptors (Lipinski definition) is 1. The molecular formula is C17H25F2N. The van der Waals surface area contributed by atoms with Crippen molar-refractivity contribution in [1.82, 2.24) is 5.32 Å². The van der Waals surface area contributed by atoms with Gasteiger partial charge in [-0.25, -0.2) is 8.78 Å². The minimum absolute atomic E-state index is 0.0711. The lowest BCUT2D eigenvalue weighted by Gasteiger charge is -2.27. The Hall–Kier alpha value is -0.960.